The molecule has 5 heteroatoms. The van der Waals surface area contributed by atoms with Crippen molar-refractivity contribution >= 4 is 26.8 Å². The predicted molar refractivity (Wildman–Crippen MR) is 135 cm³/mol. The van der Waals surface area contributed by atoms with Crippen molar-refractivity contribution in [3.63, 3.8) is 0 Å². The minimum atomic E-state index is 0.876. The van der Waals surface area contributed by atoms with Gasteiger partial charge in [0, 0.05) is 40.7 Å². The molecular formula is C27H29BrN2O2. The van der Waals surface area contributed by atoms with Crippen LogP contribution in [0, 0.1) is 6.92 Å². The summed E-state index contributed by atoms with van der Waals surface area (Å²) in [6.45, 7) is 4.88. The standard InChI is InChI=1S/C27H29BrN2O2/c1-19-25(26-16-22(28)8-13-27(26)29-19)14-15-30(17-20-4-9-23(31-2)10-5-20)18-21-6-11-24(32-3)12-7-21/h4-13,16,29H,14-15,17-18H2,1-3H3. The fraction of sp³-hybridized carbons (Fsp3) is 0.259. The molecule has 32 heavy (non-hydrogen) atoms. The van der Waals surface area contributed by atoms with Gasteiger partial charge in [-0.1, -0.05) is 40.2 Å². The molecule has 0 aliphatic heterocycles. The molecule has 1 aromatic heterocycles. The van der Waals surface area contributed by atoms with E-state index in [0.717, 1.165) is 42.0 Å². The Balaban J connectivity index is 1.55. The van der Waals surface area contributed by atoms with Gasteiger partial charge in [0.1, 0.15) is 11.5 Å². The number of nitrogens with one attached hydrogen (secondary N) is 1. The lowest BCUT2D eigenvalue weighted by atomic mass is 10.1. The number of aromatic nitrogens is 1. The van der Waals surface area contributed by atoms with Crippen LogP contribution in [0.3, 0.4) is 0 Å². The van der Waals surface area contributed by atoms with Gasteiger partial charge in [0.25, 0.3) is 0 Å². The summed E-state index contributed by atoms with van der Waals surface area (Å²) in [6.07, 6.45) is 0.981. The van der Waals surface area contributed by atoms with E-state index < -0.39 is 0 Å². The van der Waals surface area contributed by atoms with Crippen LogP contribution in [0.2, 0.25) is 0 Å². The second-order valence-electron chi connectivity index (χ2n) is 8.08. The largest absolute Gasteiger partial charge is 0.497 e. The maximum absolute atomic E-state index is 5.32. The van der Waals surface area contributed by atoms with Crippen molar-refractivity contribution < 1.29 is 9.47 Å². The van der Waals surface area contributed by atoms with Gasteiger partial charge in [-0.3, -0.25) is 4.90 Å². The summed E-state index contributed by atoms with van der Waals surface area (Å²) in [5.41, 5.74) is 6.37. The molecule has 0 amide bonds. The number of hydrogen-bond donors (Lipinski definition) is 1. The minimum Gasteiger partial charge on any atom is -0.497 e. The van der Waals surface area contributed by atoms with Gasteiger partial charge in [0.05, 0.1) is 14.2 Å². The summed E-state index contributed by atoms with van der Waals surface area (Å²) in [6, 6.07) is 23.1. The van der Waals surface area contributed by atoms with Crippen molar-refractivity contribution in [2.75, 3.05) is 20.8 Å². The number of methoxy groups -OCH3 is 2. The van der Waals surface area contributed by atoms with Gasteiger partial charge < -0.3 is 14.5 Å². The predicted octanol–water partition coefficient (Wildman–Crippen LogP) is 6.50. The maximum Gasteiger partial charge on any atom is 0.118 e. The highest BCUT2D eigenvalue weighted by molar-refractivity contribution is 9.10. The molecule has 4 aromatic rings. The lowest BCUT2D eigenvalue weighted by molar-refractivity contribution is 0.260. The molecule has 0 spiro atoms. The van der Waals surface area contributed by atoms with Crippen LogP contribution in [0.25, 0.3) is 10.9 Å². The van der Waals surface area contributed by atoms with E-state index in [1.807, 2.05) is 24.3 Å². The quantitative estimate of drug-likeness (QED) is 0.289. The van der Waals surface area contributed by atoms with Crippen LogP contribution in [-0.4, -0.2) is 30.6 Å². The Labute approximate surface area is 198 Å². The zero-order valence-electron chi connectivity index (χ0n) is 18.8. The molecule has 1 heterocycles. The minimum absolute atomic E-state index is 0.876. The van der Waals surface area contributed by atoms with Crippen molar-refractivity contribution in [2.24, 2.45) is 0 Å². The molecule has 0 saturated carbocycles. The fourth-order valence-electron chi connectivity index (χ4n) is 4.14. The average molecular weight is 493 g/mol. The van der Waals surface area contributed by atoms with E-state index in [4.69, 9.17) is 9.47 Å². The van der Waals surface area contributed by atoms with E-state index in [1.165, 1.54) is 33.3 Å². The van der Waals surface area contributed by atoms with E-state index in [9.17, 15) is 0 Å². The van der Waals surface area contributed by atoms with E-state index in [2.05, 4.69) is 75.2 Å². The molecular weight excluding hydrogens is 464 g/mol. The van der Waals surface area contributed by atoms with Crippen LogP contribution in [0.15, 0.2) is 71.2 Å². The third kappa shape index (κ3) is 5.34. The maximum atomic E-state index is 5.32. The monoisotopic (exact) mass is 492 g/mol. The van der Waals surface area contributed by atoms with Crippen molar-refractivity contribution in [3.05, 3.63) is 93.6 Å². The zero-order chi connectivity index (χ0) is 22.5. The van der Waals surface area contributed by atoms with Crippen LogP contribution < -0.4 is 9.47 Å². The Morgan fingerprint density at radius 2 is 1.38 bits per heavy atom. The number of H-pyrrole nitrogens is 1. The Bertz CT molecular complexity index is 1120. The van der Waals surface area contributed by atoms with Crippen molar-refractivity contribution in [2.45, 2.75) is 26.4 Å². The van der Waals surface area contributed by atoms with Crippen LogP contribution >= 0.6 is 15.9 Å². The number of aromatic amines is 1. The number of ether oxygens (including phenoxy) is 2. The van der Waals surface area contributed by atoms with E-state index in [1.54, 1.807) is 14.2 Å². The zero-order valence-corrected chi connectivity index (χ0v) is 20.4. The van der Waals surface area contributed by atoms with Gasteiger partial charge in [-0.2, -0.15) is 0 Å². The summed E-state index contributed by atoms with van der Waals surface area (Å²) in [7, 11) is 3.40. The third-order valence-corrected chi connectivity index (χ3v) is 6.38. The van der Waals surface area contributed by atoms with Crippen molar-refractivity contribution in [1.82, 2.24) is 9.88 Å². The van der Waals surface area contributed by atoms with Crippen molar-refractivity contribution in [1.29, 1.82) is 0 Å². The average Bonchev–Trinajstić information content (AvgIpc) is 3.12. The van der Waals surface area contributed by atoms with Crippen LogP contribution in [0.1, 0.15) is 22.4 Å². The van der Waals surface area contributed by atoms with E-state index in [0.29, 0.717) is 0 Å². The number of rotatable bonds is 9. The lowest BCUT2D eigenvalue weighted by Gasteiger charge is -2.23. The van der Waals surface area contributed by atoms with Crippen LogP contribution in [0.5, 0.6) is 11.5 Å². The van der Waals surface area contributed by atoms with E-state index in [-0.39, 0.29) is 0 Å². The molecule has 4 nitrogen and oxygen atoms in total. The molecule has 166 valence electrons. The highest BCUT2D eigenvalue weighted by atomic mass is 79.9. The molecule has 0 aliphatic carbocycles. The molecule has 0 radical (unpaired) electrons. The third-order valence-electron chi connectivity index (χ3n) is 5.89. The molecule has 0 atom stereocenters. The number of hydrogen-bond acceptors (Lipinski definition) is 3. The first-order valence-electron chi connectivity index (χ1n) is 10.8. The Morgan fingerprint density at radius 1 is 0.812 bits per heavy atom. The molecule has 0 fully saturated rings. The SMILES string of the molecule is COc1ccc(CN(CCc2c(C)[nH]c3ccc(Br)cc23)Cc2ccc(OC)cc2)cc1. The summed E-state index contributed by atoms with van der Waals surface area (Å²) < 4.78 is 11.7. The van der Waals surface area contributed by atoms with Crippen molar-refractivity contribution in [3.8, 4) is 11.5 Å². The summed E-state index contributed by atoms with van der Waals surface area (Å²) in [4.78, 5) is 6.04. The normalized spacial score (nSPS) is 11.3. The number of nitrogens with zero attached hydrogens (tertiary/aromatic N) is 1. The van der Waals surface area contributed by atoms with Gasteiger partial charge >= 0.3 is 0 Å². The Hall–Kier alpha value is -2.76. The van der Waals surface area contributed by atoms with Gasteiger partial charge in [0.15, 0.2) is 0 Å². The first-order chi connectivity index (χ1) is 15.6. The highest BCUT2D eigenvalue weighted by Crippen LogP contribution is 2.26. The number of halogens is 1. The van der Waals surface area contributed by atoms with Gasteiger partial charge in [-0.15, -0.1) is 0 Å². The first kappa shape index (κ1) is 22.4. The topological polar surface area (TPSA) is 37.5 Å². The molecule has 1 N–H and O–H groups in total. The molecule has 0 aliphatic rings. The fourth-order valence-corrected chi connectivity index (χ4v) is 4.50. The second-order valence-corrected chi connectivity index (χ2v) is 8.99. The molecule has 0 bridgehead atoms. The van der Waals surface area contributed by atoms with Gasteiger partial charge in [-0.25, -0.2) is 0 Å². The number of fused-ring (bicyclic) bond motifs is 1. The summed E-state index contributed by atoms with van der Waals surface area (Å²) >= 11 is 3.62. The van der Waals surface area contributed by atoms with Crippen LogP contribution in [0.4, 0.5) is 0 Å². The molecule has 0 saturated heterocycles. The Morgan fingerprint density at radius 3 is 1.91 bits per heavy atom. The number of aryl methyl sites for hydroxylation is 1. The van der Waals surface area contributed by atoms with Crippen LogP contribution in [-0.2, 0) is 19.5 Å². The molecule has 4 rings (SSSR count). The Kier molecular flexibility index (Phi) is 7.18. The summed E-state index contributed by atoms with van der Waals surface area (Å²) in [5.74, 6) is 1.77. The number of benzene rings is 3. The smallest absolute Gasteiger partial charge is 0.118 e. The second kappa shape index (κ2) is 10.2. The molecule has 3 aromatic carbocycles. The summed E-state index contributed by atoms with van der Waals surface area (Å²) in [5, 5.41) is 1.30. The van der Waals surface area contributed by atoms with E-state index >= 15 is 0 Å². The first-order valence-corrected chi connectivity index (χ1v) is 11.6. The molecule has 0 unspecified atom stereocenters. The van der Waals surface area contributed by atoms with Gasteiger partial charge in [-0.05, 0) is 72.5 Å². The lowest BCUT2D eigenvalue weighted by Crippen LogP contribution is -2.25. The van der Waals surface area contributed by atoms with Gasteiger partial charge in [0.2, 0.25) is 0 Å². The highest BCUT2D eigenvalue weighted by Gasteiger charge is 2.13.